The molecule has 0 bridgehead atoms. The summed E-state index contributed by atoms with van der Waals surface area (Å²) in [6, 6.07) is 12.5. The van der Waals surface area contributed by atoms with Gasteiger partial charge in [-0.05, 0) is 68.7 Å². The van der Waals surface area contributed by atoms with Crippen LogP contribution in [0.25, 0.3) is 0 Å². The molecule has 37 heavy (non-hydrogen) atoms. The smallest absolute Gasteiger partial charge is 0.130 e. The lowest BCUT2D eigenvalue weighted by molar-refractivity contribution is 0.282. The van der Waals surface area contributed by atoms with Gasteiger partial charge in [-0.25, -0.2) is 9.37 Å². The highest BCUT2D eigenvalue weighted by molar-refractivity contribution is 5.58. The van der Waals surface area contributed by atoms with Crippen molar-refractivity contribution < 1.29 is 9.50 Å². The summed E-state index contributed by atoms with van der Waals surface area (Å²) in [4.78, 5) is 12.3. The summed E-state index contributed by atoms with van der Waals surface area (Å²) in [6.07, 6.45) is 16.8. The summed E-state index contributed by atoms with van der Waals surface area (Å²) >= 11 is 0. The maximum Gasteiger partial charge on any atom is 0.130 e. The minimum absolute atomic E-state index is 0.151. The first-order chi connectivity index (χ1) is 18.2. The van der Waals surface area contributed by atoms with Crippen molar-refractivity contribution in [2.24, 2.45) is 5.92 Å². The van der Waals surface area contributed by atoms with Gasteiger partial charge in [0.1, 0.15) is 11.6 Å². The second-order valence-corrected chi connectivity index (χ2v) is 11.4. The van der Waals surface area contributed by atoms with Crippen LogP contribution in [0.5, 0.6) is 0 Å². The third-order valence-corrected chi connectivity index (χ3v) is 8.97. The summed E-state index contributed by atoms with van der Waals surface area (Å²) in [5.41, 5.74) is 2.33. The van der Waals surface area contributed by atoms with Crippen LogP contribution in [0.4, 0.5) is 21.6 Å². The molecule has 202 valence electrons. The lowest BCUT2D eigenvalue weighted by Crippen LogP contribution is -2.50. The molecule has 6 heteroatoms. The lowest BCUT2D eigenvalue weighted by atomic mass is 9.91. The number of fused-ring (bicyclic) bond motifs is 1. The van der Waals surface area contributed by atoms with Crippen LogP contribution in [0.1, 0.15) is 77.0 Å². The van der Waals surface area contributed by atoms with Gasteiger partial charge in [0.2, 0.25) is 0 Å². The van der Waals surface area contributed by atoms with Gasteiger partial charge < -0.3 is 19.8 Å². The average Bonchev–Trinajstić information content (AvgIpc) is 3.37. The van der Waals surface area contributed by atoms with E-state index in [1.807, 2.05) is 12.3 Å². The zero-order valence-corrected chi connectivity index (χ0v) is 22.4. The molecular weight excluding hydrogens is 463 g/mol. The maximum atomic E-state index is 13.9. The van der Waals surface area contributed by atoms with E-state index in [9.17, 15) is 4.39 Å². The number of nitrogens with zero attached hydrogens (tertiary/aromatic N) is 4. The van der Waals surface area contributed by atoms with Gasteiger partial charge in [-0.1, -0.05) is 44.6 Å². The Kier molecular flexibility index (Phi) is 9.19. The van der Waals surface area contributed by atoms with Crippen molar-refractivity contribution in [2.75, 3.05) is 47.5 Å². The molecule has 2 atom stereocenters. The maximum absolute atomic E-state index is 13.9. The number of aliphatic hydroxyl groups is 1. The molecular formula is C31H45FN4O. The number of rotatable bonds is 11. The van der Waals surface area contributed by atoms with Crippen LogP contribution in [0.3, 0.4) is 0 Å². The van der Waals surface area contributed by atoms with Crippen molar-refractivity contribution in [3.63, 3.8) is 0 Å². The number of halogens is 1. The minimum atomic E-state index is -0.151. The van der Waals surface area contributed by atoms with Gasteiger partial charge in [0.05, 0.1) is 12.1 Å². The third kappa shape index (κ3) is 6.57. The summed E-state index contributed by atoms with van der Waals surface area (Å²) in [6.45, 7) is 4.64. The molecule has 3 fully saturated rings. The Hall–Kier alpha value is -2.34. The van der Waals surface area contributed by atoms with Crippen molar-refractivity contribution >= 4 is 17.2 Å². The molecule has 1 N–H and O–H groups in total. The average molecular weight is 509 g/mol. The molecule has 3 aliphatic heterocycles. The number of piperidine rings is 2. The third-order valence-electron chi connectivity index (χ3n) is 8.97. The molecule has 1 aromatic heterocycles. The first-order valence-electron chi connectivity index (χ1n) is 14.8. The second kappa shape index (κ2) is 12.9. The molecule has 2 aromatic rings. The predicted octanol–water partition coefficient (Wildman–Crippen LogP) is 6.41. The van der Waals surface area contributed by atoms with Gasteiger partial charge in [0, 0.05) is 56.4 Å². The van der Waals surface area contributed by atoms with Crippen molar-refractivity contribution in [3.8, 4) is 0 Å². The normalized spacial score (nSPS) is 22.5. The minimum Gasteiger partial charge on any atom is -0.396 e. The first kappa shape index (κ1) is 26.3. The summed E-state index contributed by atoms with van der Waals surface area (Å²) in [5, 5.41) is 8.89. The van der Waals surface area contributed by atoms with Crippen LogP contribution in [0, 0.1) is 11.7 Å². The summed E-state index contributed by atoms with van der Waals surface area (Å²) in [7, 11) is 0. The fraction of sp³-hybridized carbons (Fsp3) is 0.645. The van der Waals surface area contributed by atoms with E-state index in [1.165, 1.54) is 69.5 Å². The topological polar surface area (TPSA) is 42.8 Å². The molecule has 0 spiro atoms. The number of pyridine rings is 1. The Morgan fingerprint density at radius 1 is 0.784 bits per heavy atom. The molecule has 0 unspecified atom stereocenters. The number of hydrogen-bond acceptors (Lipinski definition) is 5. The van der Waals surface area contributed by atoms with Crippen LogP contribution < -0.4 is 14.7 Å². The van der Waals surface area contributed by atoms with E-state index in [1.54, 1.807) is 6.07 Å². The van der Waals surface area contributed by atoms with Gasteiger partial charge in [0.15, 0.2) is 0 Å². The molecule has 3 aliphatic rings. The number of aliphatic hydroxyl groups excluding tert-OH is 1. The molecule has 0 saturated carbocycles. The number of unbranched alkanes of at least 4 members (excludes halogenated alkanes) is 5. The van der Waals surface area contributed by atoms with Crippen molar-refractivity contribution in [3.05, 3.63) is 48.4 Å². The highest BCUT2D eigenvalue weighted by Crippen LogP contribution is 2.37. The lowest BCUT2D eigenvalue weighted by Gasteiger charge is -2.41. The Balaban J connectivity index is 1.13. The SMILES string of the molecule is OCCCCCCCCC1CCN(c2ccnc(N3CC[C@@H]4[C@H]3CCCN4c3cccc(F)c3)c2)CC1. The highest BCUT2D eigenvalue weighted by atomic mass is 19.1. The van der Waals surface area contributed by atoms with E-state index in [2.05, 4.69) is 32.9 Å². The Morgan fingerprint density at radius 3 is 2.38 bits per heavy atom. The largest absolute Gasteiger partial charge is 0.396 e. The van der Waals surface area contributed by atoms with Crippen LogP contribution in [0.15, 0.2) is 42.6 Å². The zero-order chi connectivity index (χ0) is 25.5. The molecule has 1 aromatic carbocycles. The molecule has 0 radical (unpaired) electrons. The van der Waals surface area contributed by atoms with Gasteiger partial charge in [0.25, 0.3) is 0 Å². The molecule has 0 amide bonds. The molecule has 3 saturated heterocycles. The monoisotopic (exact) mass is 508 g/mol. The fourth-order valence-corrected chi connectivity index (χ4v) is 6.94. The van der Waals surface area contributed by atoms with E-state index in [0.717, 1.165) is 62.9 Å². The standard InChI is InChI=1S/C31H45FN4O/c32-26-10-7-11-28(23-26)35-18-8-12-29-30(35)16-21-36(29)31-24-27(13-17-33-31)34-19-14-25(15-20-34)9-5-3-1-2-4-6-22-37/h7,10-11,13,17,23-25,29-30,37H,1-6,8-9,12,14-16,18-22H2/t29-,30-/m1/s1. The van der Waals surface area contributed by atoms with Crippen LogP contribution in [0.2, 0.25) is 0 Å². The molecule has 5 rings (SSSR count). The number of anilines is 3. The Labute approximate surface area is 222 Å². The highest BCUT2D eigenvalue weighted by Gasteiger charge is 2.41. The first-order valence-corrected chi connectivity index (χ1v) is 14.8. The van der Waals surface area contributed by atoms with Crippen LogP contribution >= 0.6 is 0 Å². The second-order valence-electron chi connectivity index (χ2n) is 11.4. The number of aromatic nitrogens is 1. The fourth-order valence-electron chi connectivity index (χ4n) is 6.94. The summed E-state index contributed by atoms with van der Waals surface area (Å²) < 4.78 is 13.9. The van der Waals surface area contributed by atoms with E-state index in [4.69, 9.17) is 10.1 Å². The molecule has 5 nitrogen and oxygen atoms in total. The van der Waals surface area contributed by atoms with Gasteiger partial charge in [-0.2, -0.15) is 0 Å². The van der Waals surface area contributed by atoms with Crippen molar-refractivity contribution in [2.45, 2.75) is 89.1 Å². The van der Waals surface area contributed by atoms with E-state index < -0.39 is 0 Å². The molecule has 0 aliphatic carbocycles. The quantitative estimate of drug-likeness (QED) is 0.355. The van der Waals surface area contributed by atoms with E-state index in [-0.39, 0.29) is 5.82 Å². The van der Waals surface area contributed by atoms with Gasteiger partial charge in [-0.3, -0.25) is 0 Å². The zero-order valence-electron chi connectivity index (χ0n) is 22.4. The van der Waals surface area contributed by atoms with E-state index in [0.29, 0.717) is 18.7 Å². The van der Waals surface area contributed by atoms with Crippen molar-refractivity contribution in [1.82, 2.24) is 4.98 Å². The van der Waals surface area contributed by atoms with Crippen molar-refractivity contribution in [1.29, 1.82) is 0 Å². The molecule has 4 heterocycles. The van der Waals surface area contributed by atoms with Gasteiger partial charge in [-0.15, -0.1) is 0 Å². The van der Waals surface area contributed by atoms with Crippen LogP contribution in [-0.2, 0) is 0 Å². The number of hydrogen-bond donors (Lipinski definition) is 1. The predicted molar refractivity (Wildman–Crippen MR) is 151 cm³/mol. The van der Waals surface area contributed by atoms with Gasteiger partial charge >= 0.3 is 0 Å². The Bertz CT molecular complexity index is 979. The Morgan fingerprint density at radius 2 is 1.57 bits per heavy atom. The number of benzene rings is 1. The summed E-state index contributed by atoms with van der Waals surface area (Å²) in [5.74, 6) is 1.82. The van der Waals surface area contributed by atoms with E-state index >= 15 is 0 Å². The van der Waals surface area contributed by atoms with Crippen LogP contribution in [-0.4, -0.2) is 55.0 Å².